The van der Waals surface area contributed by atoms with E-state index >= 15 is 0 Å². The molecule has 0 N–H and O–H groups in total. The van der Waals surface area contributed by atoms with Gasteiger partial charge in [0.15, 0.2) is 17.1 Å². The summed E-state index contributed by atoms with van der Waals surface area (Å²) in [6.07, 6.45) is 5.41. The van der Waals surface area contributed by atoms with Crippen LogP contribution in [-0.2, 0) is 12.3 Å². The van der Waals surface area contributed by atoms with Crippen LogP contribution in [0.25, 0.3) is 27.8 Å². The number of aromatic nitrogens is 7. The lowest BCUT2D eigenvalue weighted by Crippen LogP contribution is -2.03. The van der Waals surface area contributed by atoms with Crippen molar-refractivity contribution in [2.45, 2.75) is 31.4 Å². The number of rotatable bonds is 5. The molecular weight excluding hydrogens is 422 g/mol. The standard InChI is InChI=1S/C23H19N7OS/c1-14-15(2)29(11-16-6-5-9-24-10-16)21-20(14)22-27-19(28-30(22)13-25-21)12-32-23-26-17-7-3-4-8-18(17)31-23/h3-10,13H,11-12H2,1-2H3. The number of fused-ring (bicyclic) bond motifs is 4. The Balaban J connectivity index is 1.35. The maximum absolute atomic E-state index is 5.80. The van der Waals surface area contributed by atoms with Crippen LogP contribution in [0.1, 0.15) is 22.6 Å². The normalized spacial score (nSPS) is 11.8. The molecule has 0 saturated carbocycles. The van der Waals surface area contributed by atoms with E-state index in [2.05, 4.69) is 39.5 Å². The van der Waals surface area contributed by atoms with Crippen LogP contribution in [0.15, 0.2) is 64.8 Å². The van der Waals surface area contributed by atoms with Gasteiger partial charge >= 0.3 is 0 Å². The second-order valence-corrected chi connectivity index (χ2v) is 8.56. The number of oxazole rings is 1. The molecule has 0 radical (unpaired) electrons. The number of hydrogen-bond donors (Lipinski definition) is 0. The van der Waals surface area contributed by atoms with Gasteiger partial charge in [-0.3, -0.25) is 4.98 Å². The fraction of sp³-hybridized carbons (Fsp3) is 0.174. The lowest BCUT2D eigenvalue weighted by molar-refractivity contribution is 0.489. The van der Waals surface area contributed by atoms with Crippen LogP contribution in [0.4, 0.5) is 0 Å². The third-order valence-corrected chi connectivity index (χ3v) is 6.48. The number of para-hydroxylation sites is 2. The van der Waals surface area contributed by atoms with Gasteiger partial charge in [0.1, 0.15) is 17.5 Å². The minimum atomic E-state index is 0.560. The fourth-order valence-corrected chi connectivity index (χ4v) is 4.63. The van der Waals surface area contributed by atoms with Crippen molar-refractivity contribution in [1.29, 1.82) is 0 Å². The predicted octanol–water partition coefficient (Wildman–Crippen LogP) is 4.57. The van der Waals surface area contributed by atoms with Crippen LogP contribution in [0, 0.1) is 13.8 Å². The molecule has 6 aromatic rings. The zero-order valence-electron chi connectivity index (χ0n) is 17.6. The van der Waals surface area contributed by atoms with Gasteiger partial charge in [0.2, 0.25) is 0 Å². The summed E-state index contributed by atoms with van der Waals surface area (Å²) < 4.78 is 9.76. The SMILES string of the molecule is Cc1c(C)n(Cc2cccnc2)c2ncn3nc(CSc4nc5ccccc5o4)nc3c12. The van der Waals surface area contributed by atoms with Gasteiger partial charge < -0.3 is 8.98 Å². The topological polar surface area (TPSA) is 86.9 Å². The van der Waals surface area contributed by atoms with Crippen LogP contribution < -0.4 is 0 Å². The Labute approximate surface area is 187 Å². The molecule has 9 heteroatoms. The predicted molar refractivity (Wildman–Crippen MR) is 123 cm³/mol. The van der Waals surface area contributed by atoms with Crippen molar-refractivity contribution in [3.8, 4) is 0 Å². The highest BCUT2D eigenvalue weighted by Crippen LogP contribution is 2.29. The summed E-state index contributed by atoms with van der Waals surface area (Å²) in [5.41, 5.74) is 6.80. The van der Waals surface area contributed by atoms with Crippen molar-refractivity contribution >= 4 is 39.5 Å². The van der Waals surface area contributed by atoms with E-state index in [9.17, 15) is 0 Å². The number of aryl methyl sites for hydroxylation is 1. The van der Waals surface area contributed by atoms with Gasteiger partial charge in [-0.15, -0.1) is 5.10 Å². The average Bonchev–Trinajstić information content (AvgIpc) is 3.49. The van der Waals surface area contributed by atoms with Crippen LogP contribution in [0.5, 0.6) is 0 Å². The first-order valence-electron chi connectivity index (χ1n) is 10.2. The average molecular weight is 442 g/mol. The molecule has 0 saturated heterocycles. The molecule has 32 heavy (non-hydrogen) atoms. The monoisotopic (exact) mass is 441 g/mol. The van der Waals surface area contributed by atoms with Crippen molar-refractivity contribution in [1.82, 2.24) is 34.1 Å². The number of thioether (sulfide) groups is 1. The van der Waals surface area contributed by atoms with Gasteiger partial charge in [-0.1, -0.05) is 30.0 Å². The third kappa shape index (κ3) is 3.13. The van der Waals surface area contributed by atoms with E-state index in [-0.39, 0.29) is 0 Å². The van der Waals surface area contributed by atoms with Gasteiger partial charge in [0, 0.05) is 18.1 Å². The lowest BCUT2D eigenvalue weighted by atomic mass is 10.2. The first-order valence-corrected chi connectivity index (χ1v) is 11.2. The van der Waals surface area contributed by atoms with Crippen LogP contribution >= 0.6 is 11.8 Å². The maximum atomic E-state index is 5.80. The summed E-state index contributed by atoms with van der Waals surface area (Å²) in [6.45, 7) is 4.94. The Kier molecular flexibility index (Phi) is 4.43. The molecule has 0 fully saturated rings. The number of nitrogens with zero attached hydrogens (tertiary/aromatic N) is 7. The smallest absolute Gasteiger partial charge is 0.257 e. The van der Waals surface area contributed by atoms with Gasteiger partial charge in [-0.05, 0) is 43.2 Å². The van der Waals surface area contributed by atoms with E-state index < -0.39 is 0 Å². The van der Waals surface area contributed by atoms with Crippen LogP contribution in [-0.4, -0.2) is 34.1 Å². The molecule has 0 aliphatic heterocycles. The molecule has 0 atom stereocenters. The first-order chi connectivity index (χ1) is 15.7. The summed E-state index contributed by atoms with van der Waals surface area (Å²) >= 11 is 1.49. The fourth-order valence-electron chi connectivity index (χ4n) is 3.94. The highest BCUT2D eigenvalue weighted by Gasteiger charge is 2.18. The second-order valence-electron chi connectivity index (χ2n) is 7.63. The van der Waals surface area contributed by atoms with Crippen molar-refractivity contribution in [3.05, 3.63) is 77.8 Å². The Morgan fingerprint density at radius 3 is 2.78 bits per heavy atom. The van der Waals surface area contributed by atoms with Gasteiger partial charge in [-0.2, -0.15) is 0 Å². The minimum Gasteiger partial charge on any atom is -0.431 e. The molecule has 6 rings (SSSR count). The molecular formula is C23H19N7OS. The van der Waals surface area contributed by atoms with E-state index in [1.54, 1.807) is 17.0 Å². The Bertz CT molecular complexity index is 1550. The first kappa shape index (κ1) is 19.0. The molecule has 1 aromatic carbocycles. The zero-order chi connectivity index (χ0) is 21.7. The summed E-state index contributed by atoms with van der Waals surface area (Å²) in [6, 6.07) is 11.8. The molecule has 0 unspecified atom stereocenters. The summed E-state index contributed by atoms with van der Waals surface area (Å²) in [5, 5.41) is 6.27. The van der Waals surface area contributed by atoms with Crippen LogP contribution in [0.2, 0.25) is 0 Å². The second kappa shape index (κ2) is 7.45. The van der Waals surface area contributed by atoms with Crippen molar-refractivity contribution in [3.63, 3.8) is 0 Å². The molecule has 8 nitrogen and oxygen atoms in total. The number of pyridine rings is 1. The zero-order valence-corrected chi connectivity index (χ0v) is 18.4. The highest BCUT2D eigenvalue weighted by molar-refractivity contribution is 7.98. The quantitative estimate of drug-likeness (QED) is 0.362. The van der Waals surface area contributed by atoms with Crippen molar-refractivity contribution in [2.24, 2.45) is 0 Å². The number of hydrogen-bond acceptors (Lipinski definition) is 7. The molecule has 5 aromatic heterocycles. The summed E-state index contributed by atoms with van der Waals surface area (Å²) in [5.74, 6) is 1.27. The van der Waals surface area contributed by atoms with Gasteiger partial charge in [0.25, 0.3) is 5.22 Å². The van der Waals surface area contributed by atoms with E-state index in [0.29, 0.717) is 23.3 Å². The van der Waals surface area contributed by atoms with Crippen LogP contribution in [0.3, 0.4) is 0 Å². The summed E-state index contributed by atoms with van der Waals surface area (Å²) in [4.78, 5) is 18.3. The minimum absolute atomic E-state index is 0.560. The van der Waals surface area contributed by atoms with E-state index in [0.717, 1.165) is 44.6 Å². The van der Waals surface area contributed by atoms with Gasteiger partial charge in [0.05, 0.1) is 17.7 Å². The largest absolute Gasteiger partial charge is 0.431 e. The lowest BCUT2D eigenvalue weighted by Gasteiger charge is -2.07. The highest BCUT2D eigenvalue weighted by atomic mass is 32.2. The Morgan fingerprint density at radius 1 is 1.03 bits per heavy atom. The molecule has 0 spiro atoms. The van der Waals surface area contributed by atoms with Crippen molar-refractivity contribution < 1.29 is 4.42 Å². The molecule has 0 bridgehead atoms. The van der Waals surface area contributed by atoms with E-state index in [1.165, 1.54) is 11.8 Å². The van der Waals surface area contributed by atoms with E-state index in [4.69, 9.17) is 14.4 Å². The molecule has 5 heterocycles. The van der Waals surface area contributed by atoms with Gasteiger partial charge in [-0.25, -0.2) is 19.5 Å². The molecule has 158 valence electrons. The molecule has 0 aliphatic rings. The van der Waals surface area contributed by atoms with E-state index in [1.807, 2.05) is 36.5 Å². The number of benzene rings is 1. The van der Waals surface area contributed by atoms with Crippen molar-refractivity contribution in [2.75, 3.05) is 0 Å². The molecule has 0 aliphatic carbocycles. The molecule has 0 amide bonds. The maximum Gasteiger partial charge on any atom is 0.257 e. The Hall–Kier alpha value is -3.72. The third-order valence-electron chi connectivity index (χ3n) is 5.65. The Morgan fingerprint density at radius 2 is 1.94 bits per heavy atom. The summed E-state index contributed by atoms with van der Waals surface area (Å²) in [7, 11) is 0.